The number of rotatable bonds is 8. The number of nitrogens with one attached hydrogen (secondary N) is 1. The molecule has 5 nitrogen and oxygen atoms in total. The van der Waals surface area contributed by atoms with E-state index in [9.17, 15) is 9.59 Å². The maximum Gasteiger partial charge on any atom is 0.246 e. The largest absolute Gasteiger partial charge is 0.483 e. The van der Waals surface area contributed by atoms with E-state index in [2.05, 4.69) is 11.9 Å². The van der Waals surface area contributed by atoms with E-state index in [4.69, 9.17) is 4.74 Å². The monoisotopic (exact) mass is 354 g/mol. The molecular weight excluding hydrogens is 328 g/mol. The molecule has 1 aromatic carbocycles. The second kappa shape index (κ2) is 9.04. The molecule has 2 aromatic rings. The zero-order valence-electron chi connectivity index (χ0n) is 15.6. The van der Waals surface area contributed by atoms with Crippen LogP contribution in [0.25, 0.3) is 0 Å². The number of carbonyl (C=O) groups excluding carboxylic acids is 1. The van der Waals surface area contributed by atoms with E-state index >= 15 is 0 Å². The molecule has 1 heterocycles. The van der Waals surface area contributed by atoms with Crippen molar-refractivity contribution in [3.63, 3.8) is 0 Å². The fourth-order valence-electron chi connectivity index (χ4n) is 2.73. The van der Waals surface area contributed by atoms with Crippen LogP contribution in [0.4, 0.5) is 0 Å². The average molecular weight is 354 g/mol. The molecule has 0 aliphatic carbocycles. The minimum Gasteiger partial charge on any atom is -0.483 e. The summed E-state index contributed by atoms with van der Waals surface area (Å²) in [5.41, 5.74) is 2.09. The number of nitrogens with zero attached hydrogens (tertiary/aromatic N) is 1. The fraction of sp³-hybridized carbons (Fsp3) is 0.333. The van der Waals surface area contributed by atoms with Gasteiger partial charge >= 0.3 is 0 Å². The molecule has 1 N–H and O–H groups in total. The highest BCUT2D eigenvalue weighted by molar-refractivity contribution is 5.92. The number of pyridine rings is 1. The van der Waals surface area contributed by atoms with Crippen molar-refractivity contribution in [2.24, 2.45) is 0 Å². The lowest BCUT2D eigenvalue weighted by Gasteiger charge is -2.23. The molecule has 0 aliphatic heterocycles. The first-order valence-corrected chi connectivity index (χ1v) is 8.76. The molecule has 1 unspecified atom stereocenters. The molecular formula is C21H26N2O3. The van der Waals surface area contributed by atoms with Crippen LogP contribution < -0.4 is 15.5 Å². The van der Waals surface area contributed by atoms with Crippen molar-refractivity contribution in [1.29, 1.82) is 0 Å². The topological polar surface area (TPSA) is 60.3 Å². The first kappa shape index (κ1) is 19.5. The van der Waals surface area contributed by atoms with Gasteiger partial charge in [-0.25, -0.2) is 0 Å². The predicted octanol–water partition coefficient (Wildman–Crippen LogP) is 3.38. The molecule has 26 heavy (non-hydrogen) atoms. The minimum absolute atomic E-state index is 0.0259. The molecule has 1 amide bonds. The Morgan fingerprint density at radius 3 is 2.58 bits per heavy atom. The molecule has 5 heteroatoms. The highest BCUT2D eigenvalue weighted by Crippen LogP contribution is 2.20. The SMILES string of the molecule is C=C(C)C(=O)NCC(CC)n1ccc(=O)c(OCc2ccccc2)c1C. The first-order chi connectivity index (χ1) is 12.4. The van der Waals surface area contributed by atoms with Crippen molar-refractivity contribution >= 4 is 5.91 Å². The summed E-state index contributed by atoms with van der Waals surface area (Å²) in [5, 5.41) is 2.87. The van der Waals surface area contributed by atoms with Crippen LogP contribution in [0.2, 0.25) is 0 Å². The summed E-state index contributed by atoms with van der Waals surface area (Å²) in [5.74, 6) is 0.184. The van der Waals surface area contributed by atoms with Gasteiger partial charge in [0.1, 0.15) is 6.61 Å². The predicted molar refractivity (Wildman–Crippen MR) is 103 cm³/mol. The van der Waals surface area contributed by atoms with E-state index in [1.165, 1.54) is 6.07 Å². The molecule has 0 radical (unpaired) electrons. The number of aromatic nitrogens is 1. The van der Waals surface area contributed by atoms with Gasteiger partial charge in [0.25, 0.3) is 0 Å². The molecule has 2 rings (SSSR count). The van der Waals surface area contributed by atoms with Crippen LogP contribution in [-0.2, 0) is 11.4 Å². The Labute approximate surface area is 154 Å². The van der Waals surface area contributed by atoms with Gasteiger partial charge in [-0.1, -0.05) is 43.8 Å². The minimum atomic E-state index is -0.164. The van der Waals surface area contributed by atoms with Gasteiger partial charge in [0, 0.05) is 24.4 Å². The van der Waals surface area contributed by atoms with Gasteiger partial charge in [0.05, 0.1) is 11.7 Å². The quantitative estimate of drug-likeness (QED) is 0.739. The highest BCUT2D eigenvalue weighted by atomic mass is 16.5. The average Bonchev–Trinajstić information content (AvgIpc) is 2.64. The molecule has 1 aromatic heterocycles. The van der Waals surface area contributed by atoms with Crippen molar-refractivity contribution in [3.05, 3.63) is 76.2 Å². The summed E-state index contributed by atoms with van der Waals surface area (Å²) in [4.78, 5) is 24.0. The number of amides is 1. The summed E-state index contributed by atoms with van der Waals surface area (Å²) in [6, 6.07) is 11.3. The summed E-state index contributed by atoms with van der Waals surface area (Å²) in [6.45, 7) is 10.0. The van der Waals surface area contributed by atoms with Gasteiger partial charge < -0.3 is 14.6 Å². The summed E-state index contributed by atoms with van der Waals surface area (Å²) >= 11 is 0. The van der Waals surface area contributed by atoms with Crippen LogP contribution in [0.1, 0.15) is 37.6 Å². The van der Waals surface area contributed by atoms with Crippen molar-refractivity contribution < 1.29 is 9.53 Å². The zero-order valence-corrected chi connectivity index (χ0v) is 15.6. The molecule has 138 valence electrons. The van der Waals surface area contributed by atoms with Crippen molar-refractivity contribution in [1.82, 2.24) is 9.88 Å². The van der Waals surface area contributed by atoms with Crippen molar-refractivity contribution in [3.8, 4) is 5.75 Å². The van der Waals surface area contributed by atoms with Crippen LogP contribution >= 0.6 is 0 Å². The van der Waals surface area contributed by atoms with E-state index < -0.39 is 0 Å². The maximum absolute atomic E-state index is 12.3. The number of hydrogen-bond donors (Lipinski definition) is 1. The second-order valence-electron chi connectivity index (χ2n) is 6.33. The molecule has 0 aliphatic rings. The summed E-state index contributed by atoms with van der Waals surface area (Å²) in [6.07, 6.45) is 2.56. The molecule has 0 spiro atoms. The van der Waals surface area contributed by atoms with Gasteiger partial charge in [0.2, 0.25) is 11.3 Å². The fourth-order valence-corrected chi connectivity index (χ4v) is 2.73. The molecule has 0 saturated heterocycles. The Morgan fingerprint density at radius 2 is 1.96 bits per heavy atom. The number of benzene rings is 1. The molecule has 1 atom stereocenters. The van der Waals surface area contributed by atoms with E-state index in [1.54, 1.807) is 13.1 Å². The van der Waals surface area contributed by atoms with Gasteiger partial charge in [-0.3, -0.25) is 9.59 Å². The van der Waals surface area contributed by atoms with Crippen molar-refractivity contribution in [2.75, 3.05) is 6.54 Å². The van der Waals surface area contributed by atoms with Gasteiger partial charge in [-0.15, -0.1) is 0 Å². The normalized spacial score (nSPS) is 11.7. The highest BCUT2D eigenvalue weighted by Gasteiger charge is 2.16. The van der Waals surface area contributed by atoms with Gasteiger partial charge in [-0.05, 0) is 25.8 Å². The molecule has 0 saturated carbocycles. The van der Waals surface area contributed by atoms with Crippen LogP contribution in [0.15, 0.2) is 59.5 Å². The summed E-state index contributed by atoms with van der Waals surface area (Å²) < 4.78 is 7.80. The maximum atomic E-state index is 12.3. The van der Waals surface area contributed by atoms with Gasteiger partial charge in [0.15, 0.2) is 5.75 Å². The Kier molecular flexibility index (Phi) is 6.78. The van der Waals surface area contributed by atoms with E-state index in [-0.39, 0.29) is 17.4 Å². The van der Waals surface area contributed by atoms with E-state index in [1.807, 2.05) is 48.7 Å². The van der Waals surface area contributed by atoms with Crippen molar-refractivity contribution in [2.45, 2.75) is 39.8 Å². The Bertz CT molecular complexity index is 825. The third kappa shape index (κ3) is 4.85. The zero-order chi connectivity index (χ0) is 19.1. The Balaban J connectivity index is 2.19. The number of ether oxygens (including phenoxy) is 1. The number of hydrogen-bond acceptors (Lipinski definition) is 3. The van der Waals surface area contributed by atoms with Crippen LogP contribution in [0.5, 0.6) is 5.75 Å². The Hall–Kier alpha value is -2.82. The van der Waals surface area contributed by atoms with Gasteiger partial charge in [-0.2, -0.15) is 0 Å². The lowest BCUT2D eigenvalue weighted by Crippen LogP contribution is -2.32. The van der Waals surface area contributed by atoms with Crippen LogP contribution in [-0.4, -0.2) is 17.0 Å². The van der Waals surface area contributed by atoms with Crippen LogP contribution in [0, 0.1) is 6.92 Å². The van der Waals surface area contributed by atoms with E-state index in [0.717, 1.165) is 17.7 Å². The summed E-state index contributed by atoms with van der Waals surface area (Å²) in [7, 11) is 0. The molecule has 0 fully saturated rings. The number of carbonyl (C=O) groups is 1. The smallest absolute Gasteiger partial charge is 0.246 e. The lowest BCUT2D eigenvalue weighted by atomic mass is 10.1. The van der Waals surface area contributed by atoms with E-state index in [0.29, 0.717) is 24.5 Å². The second-order valence-corrected chi connectivity index (χ2v) is 6.33. The third-order valence-electron chi connectivity index (χ3n) is 4.30. The first-order valence-electron chi connectivity index (χ1n) is 8.76. The third-order valence-corrected chi connectivity index (χ3v) is 4.30. The standard InChI is InChI=1S/C21H26N2O3/c1-5-18(13-22-21(25)15(2)3)23-12-11-19(24)20(16(23)4)26-14-17-9-7-6-8-10-17/h6-12,18H,2,5,13-14H2,1,3-4H3,(H,22,25). The molecule has 0 bridgehead atoms. The lowest BCUT2D eigenvalue weighted by molar-refractivity contribution is -0.117. The van der Waals surface area contributed by atoms with Crippen LogP contribution in [0.3, 0.4) is 0 Å². The Morgan fingerprint density at radius 1 is 1.27 bits per heavy atom.